The van der Waals surface area contributed by atoms with Crippen molar-refractivity contribution in [3.8, 4) is 5.75 Å². The second-order valence-electron chi connectivity index (χ2n) is 5.28. The second kappa shape index (κ2) is 5.46. The number of rotatable bonds is 3. The normalized spacial score (nSPS) is 11.5. The highest BCUT2D eigenvalue weighted by Crippen LogP contribution is 2.29. The highest BCUT2D eigenvalue weighted by Gasteiger charge is 2.20. The molecule has 3 nitrogen and oxygen atoms in total. The van der Waals surface area contributed by atoms with E-state index in [2.05, 4.69) is 0 Å². The lowest BCUT2D eigenvalue weighted by Crippen LogP contribution is -2.11. The van der Waals surface area contributed by atoms with E-state index in [9.17, 15) is 8.42 Å². The molecule has 112 valence electrons. The van der Waals surface area contributed by atoms with E-state index in [0.29, 0.717) is 11.3 Å². The van der Waals surface area contributed by atoms with Crippen molar-refractivity contribution in [2.75, 3.05) is 0 Å². The summed E-state index contributed by atoms with van der Waals surface area (Å²) in [6, 6.07) is 18.1. The minimum Gasteiger partial charge on any atom is -0.378 e. The Hall–Kier alpha value is -2.33. The van der Waals surface area contributed by atoms with Gasteiger partial charge in [0.2, 0.25) is 0 Å². The van der Waals surface area contributed by atoms with Crippen LogP contribution < -0.4 is 4.18 Å². The van der Waals surface area contributed by atoms with Crippen LogP contribution in [0.1, 0.15) is 11.1 Å². The van der Waals surface area contributed by atoms with Crippen molar-refractivity contribution in [3.05, 3.63) is 71.8 Å². The second-order valence-corrected chi connectivity index (χ2v) is 6.80. The molecule has 0 unspecified atom stereocenters. The summed E-state index contributed by atoms with van der Waals surface area (Å²) in [5, 5.41) is 1.72. The SMILES string of the molecule is Cc1ccc(S(=O)(=O)Oc2cccc3ccccc23)c(C)c1. The Labute approximate surface area is 130 Å². The summed E-state index contributed by atoms with van der Waals surface area (Å²) in [5.74, 6) is 0.345. The van der Waals surface area contributed by atoms with E-state index in [0.717, 1.165) is 16.3 Å². The van der Waals surface area contributed by atoms with Crippen molar-refractivity contribution in [1.82, 2.24) is 0 Å². The molecule has 0 N–H and O–H groups in total. The lowest BCUT2D eigenvalue weighted by atomic mass is 10.1. The van der Waals surface area contributed by atoms with Gasteiger partial charge in [0.1, 0.15) is 4.90 Å². The summed E-state index contributed by atoms with van der Waals surface area (Å²) in [5.41, 5.74) is 1.70. The molecule has 0 aromatic heterocycles. The molecular weight excluding hydrogens is 296 g/mol. The molecule has 0 aliphatic carbocycles. The number of hydrogen-bond donors (Lipinski definition) is 0. The first kappa shape index (κ1) is 14.6. The molecule has 0 bridgehead atoms. The lowest BCUT2D eigenvalue weighted by Gasteiger charge is -2.11. The highest BCUT2D eigenvalue weighted by molar-refractivity contribution is 7.87. The number of aryl methyl sites for hydroxylation is 2. The fraction of sp³-hybridized carbons (Fsp3) is 0.111. The van der Waals surface area contributed by atoms with Crippen LogP contribution >= 0.6 is 0 Å². The predicted octanol–water partition coefficient (Wildman–Crippen LogP) is 4.22. The fourth-order valence-electron chi connectivity index (χ4n) is 2.51. The molecule has 0 saturated carbocycles. The molecule has 0 radical (unpaired) electrons. The summed E-state index contributed by atoms with van der Waals surface area (Å²) in [4.78, 5) is 0.200. The van der Waals surface area contributed by atoms with Crippen molar-refractivity contribution in [1.29, 1.82) is 0 Å². The molecule has 22 heavy (non-hydrogen) atoms. The Morgan fingerprint density at radius 1 is 0.864 bits per heavy atom. The lowest BCUT2D eigenvalue weighted by molar-refractivity contribution is 0.488. The standard InChI is InChI=1S/C18H16O3S/c1-13-10-11-18(14(2)12-13)22(19,20)21-17-9-5-7-15-6-3-4-8-16(15)17/h3-12H,1-2H3. The molecule has 0 atom stereocenters. The van der Waals surface area contributed by atoms with E-state index in [1.165, 1.54) is 0 Å². The Bertz CT molecular complexity index is 938. The molecule has 0 amide bonds. The van der Waals surface area contributed by atoms with Gasteiger partial charge in [-0.1, -0.05) is 54.1 Å². The quantitative estimate of drug-likeness (QED) is 0.680. The van der Waals surface area contributed by atoms with Gasteiger partial charge >= 0.3 is 10.1 Å². The highest BCUT2D eigenvalue weighted by atomic mass is 32.2. The summed E-state index contributed by atoms with van der Waals surface area (Å²) in [6.45, 7) is 3.70. The monoisotopic (exact) mass is 312 g/mol. The molecule has 0 fully saturated rings. The van der Waals surface area contributed by atoms with E-state index in [-0.39, 0.29) is 4.90 Å². The van der Waals surface area contributed by atoms with Crippen molar-refractivity contribution in [2.24, 2.45) is 0 Å². The first-order valence-corrected chi connectivity index (χ1v) is 8.38. The zero-order valence-corrected chi connectivity index (χ0v) is 13.2. The summed E-state index contributed by atoms with van der Waals surface area (Å²) in [6.07, 6.45) is 0. The van der Waals surface area contributed by atoms with E-state index in [4.69, 9.17) is 4.18 Å². The van der Waals surface area contributed by atoms with Crippen molar-refractivity contribution < 1.29 is 12.6 Å². The zero-order valence-electron chi connectivity index (χ0n) is 12.4. The number of benzene rings is 3. The molecule has 3 aromatic carbocycles. The topological polar surface area (TPSA) is 43.4 Å². The molecule has 4 heteroatoms. The van der Waals surface area contributed by atoms with Gasteiger partial charge in [-0.2, -0.15) is 8.42 Å². The summed E-state index contributed by atoms with van der Waals surface area (Å²) in [7, 11) is -3.85. The summed E-state index contributed by atoms with van der Waals surface area (Å²) >= 11 is 0. The van der Waals surface area contributed by atoms with Gasteiger partial charge in [-0.3, -0.25) is 0 Å². The van der Waals surface area contributed by atoms with Crippen LogP contribution in [0.3, 0.4) is 0 Å². The average molecular weight is 312 g/mol. The molecule has 3 aromatic rings. The van der Waals surface area contributed by atoms with Gasteiger partial charge in [-0.05, 0) is 36.9 Å². The van der Waals surface area contributed by atoms with Crippen LogP contribution in [0.5, 0.6) is 5.75 Å². The van der Waals surface area contributed by atoms with Crippen LogP contribution in [0.15, 0.2) is 65.6 Å². The van der Waals surface area contributed by atoms with Crippen LogP contribution in [0.2, 0.25) is 0 Å². The van der Waals surface area contributed by atoms with Gasteiger partial charge < -0.3 is 4.18 Å². The van der Waals surface area contributed by atoms with Gasteiger partial charge in [0.05, 0.1) is 0 Å². The Kier molecular flexibility index (Phi) is 3.62. The van der Waals surface area contributed by atoms with E-state index in [1.54, 1.807) is 31.2 Å². The number of fused-ring (bicyclic) bond motifs is 1. The maximum atomic E-state index is 12.6. The Balaban J connectivity index is 2.07. The van der Waals surface area contributed by atoms with Gasteiger partial charge in [0.15, 0.2) is 5.75 Å². The Morgan fingerprint density at radius 2 is 1.59 bits per heavy atom. The van der Waals surface area contributed by atoms with Crippen molar-refractivity contribution in [3.63, 3.8) is 0 Å². The molecular formula is C18H16O3S. The maximum absolute atomic E-state index is 12.6. The molecule has 3 rings (SSSR count). The van der Waals surface area contributed by atoms with Gasteiger partial charge in [-0.25, -0.2) is 0 Å². The molecule has 0 spiro atoms. The van der Waals surface area contributed by atoms with Crippen LogP contribution in [-0.4, -0.2) is 8.42 Å². The molecule has 0 heterocycles. The van der Waals surface area contributed by atoms with E-state index in [1.807, 2.05) is 43.3 Å². The first-order chi connectivity index (χ1) is 10.5. The van der Waals surface area contributed by atoms with E-state index < -0.39 is 10.1 Å². The maximum Gasteiger partial charge on any atom is 0.339 e. The minimum atomic E-state index is -3.85. The van der Waals surface area contributed by atoms with Crippen molar-refractivity contribution in [2.45, 2.75) is 18.7 Å². The first-order valence-electron chi connectivity index (χ1n) is 6.97. The zero-order chi connectivity index (χ0) is 15.7. The van der Waals surface area contributed by atoms with Crippen LogP contribution in [0, 0.1) is 13.8 Å². The Morgan fingerprint density at radius 3 is 2.36 bits per heavy atom. The van der Waals surface area contributed by atoms with Gasteiger partial charge in [0, 0.05) is 5.39 Å². The minimum absolute atomic E-state index is 0.200. The predicted molar refractivity (Wildman–Crippen MR) is 87.7 cm³/mol. The van der Waals surface area contributed by atoms with Gasteiger partial charge in [0.25, 0.3) is 0 Å². The summed E-state index contributed by atoms with van der Waals surface area (Å²) < 4.78 is 30.5. The van der Waals surface area contributed by atoms with Crippen molar-refractivity contribution >= 4 is 20.9 Å². The largest absolute Gasteiger partial charge is 0.378 e. The smallest absolute Gasteiger partial charge is 0.339 e. The third-order valence-electron chi connectivity index (χ3n) is 3.55. The fourth-order valence-corrected chi connectivity index (χ4v) is 3.67. The van der Waals surface area contributed by atoms with Crippen LogP contribution in [0.4, 0.5) is 0 Å². The third-order valence-corrected chi connectivity index (χ3v) is 4.94. The average Bonchev–Trinajstić information content (AvgIpc) is 2.47. The van der Waals surface area contributed by atoms with E-state index >= 15 is 0 Å². The van der Waals surface area contributed by atoms with Crippen LogP contribution in [0.25, 0.3) is 10.8 Å². The molecule has 0 aliphatic heterocycles. The molecule has 0 aliphatic rings. The number of hydrogen-bond acceptors (Lipinski definition) is 3. The van der Waals surface area contributed by atoms with Gasteiger partial charge in [-0.15, -0.1) is 0 Å². The van der Waals surface area contributed by atoms with Crippen LogP contribution in [-0.2, 0) is 10.1 Å². The molecule has 0 saturated heterocycles. The third kappa shape index (κ3) is 2.70.